The summed E-state index contributed by atoms with van der Waals surface area (Å²) in [6, 6.07) is 7.01. The molecular formula is C13H16ClNO3. The van der Waals surface area contributed by atoms with Crippen molar-refractivity contribution in [1.82, 2.24) is 4.90 Å². The fraction of sp³-hybridized carbons (Fsp3) is 0.462. The van der Waals surface area contributed by atoms with E-state index in [1.807, 2.05) is 29.2 Å². The molecule has 18 heavy (non-hydrogen) atoms. The van der Waals surface area contributed by atoms with Crippen LogP contribution in [0.1, 0.15) is 18.6 Å². The molecule has 1 N–H and O–H groups in total. The first-order valence-electron chi connectivity index (χ1n) is 5.92. The van der Waals surface area contributed by atoms with Crippen LogP contribution in [0.4, 0.5) is 0 Å². The lowest BCUT2D eigenvalue weighted by atomic mass is 10.1. The van der Waals surface area contributed by atoms with E-state index in [1.165, 1.54) is 0 Å². The van der Waals surface area contributed by atoms with Gasteiger partial charge in [0.15, 0.2) is 0 Å². The molecule has 0 bridgehead atoms. The number of nitrogens with zero attached hydrogens (tertiary/aromatic N) is 1. The zero-order valence-corrected chi connectivity index (χ0v) is 10.9. The zero-order valence-electron chi connectivity index (χ0n) is 10.2. The monoisotopic (exact) mass is 269 g/mol. The lowest BCUT2D eigenvalue weighted by molar-refractivity contribution is -0.145. The maximum absolute atomic E-state index is 11.0. The molecule has 1 saturated heterocycles. The van der Waals surface area contributed by atoms with Crippen LogP contribution in [0.3, 0.4) is 0 Å². The molecule has 2 atom stereocenters. The number of aliphatic carboxylic acids is 1. The third-order valence-electron chi connectivity index (χ3n) is 3.26. The van der Waals surface area contributed by atoms with Crippen molar-refractivity contribution in [1.29, 1.82) is 0 Å². The second-order valence-corrected chi connectivity index (χ2v) is 4.80. The van der Waals surface area contributed by atoms with Gasteiger partial charge in [-0.15, -0.1) is 0 Å². The Morgan fingerprint density at radius 1 is 1.56 bits per heavy atom. The molecule has 1 fully saturated rings. The molecule has 0 aromatic heterocycles. The SMILES string of the molecule is C[C@@H](C(=O)O)N1CCO[C@@H](c2ccccc2Cl)C1. The molecular weight excluding hydrogens is 254 g/mol. The van der Waals surface area contributed by atoms with Gasteiger partial charge in [0.05, 0.1) is 12.7 Å². The minimum Gasteiger partial charge on any atom is -0.480 e. The molecule has 1 heterocycles. The lowest BCUT2D eigenvalue weighted by Crippen LogP contribution is -2.46. The molecule has 0 aliphatic carbocycles. The molecule has 1 aliphatic rings. The van der Waals surface area contributed by atoms with E-state index in [2.05, 4.69) is 0 Å². The van der Waals surface area contributed by atoms with E-state index in [4.69, 9.17) is 21.4 Å². The number of hydrogen-bond acceptors (Lipinski definition) is 3. The van der Waals surface area contributed by atoms with E-state index >= 15 is 0 Å². The molecule has 0 radical (unpaired) electrons. The topological polar surface area (TPSA) is 49.8 Å². The summed E-state index contributed by atoms with van der Waals surface area (Å²) in [5.41, 5.74) is 0.918. The first kappa shape index (κ1) is 13.3. The fourth-order valence-electron chi connectivity index (χ4n) is 2.10. The smallest absolute Gasteiger partial charge is 0.320 e. The molecule has 5 heteroatoms. The molecule has 0 saturated carbocycles. The van der Waals surface area contributed by atoms with Gasteiger partial charge in [0.1, 0.15) is 6.04 Å². The third-order valence-corrected chi connectivity index (χ3v) is 3.60. The Morgan fingerprint density at radius 3 is 2.94 bits per heavy atom. The first-order valence-corrected chi connectivity index (χ1v) is 6.30. The number of carboxylic acids is 1. The normalized spacial score (nSPS) is 22.7. The average Bonchev–Trinajstić information content (AvgIpc) is 2.38. The Bertz CT molecular complexity index is 438. The predicted octanol–water partition coefficient (Wildman–Crippen LogP) is 2.19. The molecule has 0 spiro atoms. The highest BCUT2D eigenvalue weighted by Gasteiger charge is 2.29. The highest BCUT2D eigenvalue weighted by molar-refractivity contribution is 6.31. The molecule has 1 aromatic rings. The lowest BCUT2D eigenvalue weighted by Gasteiger charge is -2.35. The summed E-state index contributed by atoms with van der Waals surface area (Å²) in [5, 5.41) is 9.70. The number of carbonyl (C=O) groups is 1. The summed E-state index contributed by atoms with van der Waals surface area (Å²) < 4.78 is 5.69. The Kier molecular flexibility index (Phi) is 4.22. The summed E-state index contributed by atoms with van der Waals surface area (Å²) in [5.74, 6) is -0.810. The quantitative estimate of drug-likeness (QED) is 0.914. The molecule has 0 unspecified atom stereocenters. The molecule has 98 valence electrons. The van der Waals surface area contributed by atoms with Gasteiger partial charge in [-0.2, -0.15) is 0 Å². The van der Waals surface area contributed by atoms with Crippen molar-refractivity contribution in [2.45, 2.75) is 19.1 Å². The van der Waals surface area contributed by atoms with E-state index < -0.39 is 12.0 Å². The van der Waals surface area contributed by atoms with Crippen LogP contribution in [-0.2, 0) is 9.53 Å². The third kappa shape index (κ3) is 2.83. The second kappa shape index (κ2) is 5.69. The molecule has 1 aliphatic heterocycles. The summed E-state index contributed by atoms with van der Waals surface area (Å²) >= 11 is 6.13. The van der Waals surface area contributed by atoms with Gasteiger partial charge in [-0.25, -0.2) is 0 Å². The van der Waals surface area contributed by atoms with E-state index in [-0.39, 0.29) is 6.10 Å². The highest BCUT2D eigenvalue weighted by Crippen LogP contribution is 2.28. The van der Waals surface area contributed by atoms with Gasteiger partial charge < -0.3 is 9.84 Å². The summed E-state index contributed by atoms with van der Waals surface area (Å²) in [6.07, 6.45) is -0.158. The zero-order chi connectivity index (χ0) is 13.1. The van der Waals surface area contributed by atoms with Gasteiger partial charge in [0.2, 0.25) is 0 Å². The van der Waals surface area contributed by atoms with Crippen molar-refractivity contribution in [2.75, 3.05) is 19.7 Å². The first-order chi connectivity index (χ1) is 8.59. The fourth-order valence-corrected chi connectivity index (χ4v) is 2.36. The molecule has 1 aromatic carbocycles. The van der Waals surface area contributed by atoms with Crippen molar-refractivity contribution in [3.8, 4) is 0 Å². The van der Waals surface area contributed by atoms with Crippen LogP contribution in [0.25, 0.3) is 0 Å². The van der Waals surface area contributed by atoms with Gasteiger partial charge in [-0.05, 0) is 13.0 Å². The molecule has 2 rings (SSSR count). The predicted molar refractivity (Wildman–Crippen MR) is 68.8 cm³/mol. The van der Waals surface area contributed by atoms with Gasteiger partial charge in [-0.1, -0.05) is 29.8 Å². The highest BCUT2D eigenvalue weighted by atomic mass is 35.5. The van der Waals surface area contributed by atoms with Crippen molar-refractivity contribution in [2.24, 2.45) is 0 Å². The van der Waals surface area contributed by atoms with E-state index in [0.717, 1.165) is 5.56 Å². The Morgan fingerprint density at radius 2 is 2.28 bits per heavy atom. The van der Waals surface area contributed by atoms with Crippen molar-refractivity contribution < 1.29 is 14.6 Å². The maximum Gasteiger partial charge on any atom is 0.320 e. The summed E-state index contributed by atoms with van der Waals surface area (Å²) in [7, 11) is 0. The molecule has 4 nitrogen and oxygen atoms in total. The van der Waals surface area contributed by atoms with Crippen LogP contribution in [0.2, 0.25) is 5.02 Å². The number of halogens is 1. The number of ether oxygens (including phenoxy) is 1. The number of benzene rings is 1. The summed E-state index contributed by atoms with van der Waals surface area (Å²) in [6.45, 7) is 3.40. The van der Waals surface area contributed by atoms with Crippen LogP contribution in [0.5, 0.6) is 0 Å². The number of morpholine rings is 1. The van der Waals surface area contributed by atoms with Gasteiger partial charge in [-0.3, -0.25) is 9.69 Å². The Hall–Kier alpha value is -1.10. The van der Waals surface area contributed by atoms with Crippen molar-refractivity contribution in [3.05, 3.63) is 34.9 Å². The standard InChI is InChI=1S/C13H16ClNO3/c1-9(13(16)17)15-6-7-18-12(8-15)10-4-2-3-5-11(10)14/h2-5,9,12H,6-8H2,1H3,(H,16,17)/t9-,12+/m0/s1. The van der Waals surface area contributed by atoms with Crippen LogP contribution in [-0.4, -0.2) is 41.7 Å². The number of rotatable bonds is 3. The largest absolute Gasteiger partial charge is 0.480 e. The maximum atomic E-state index is 11.0. The van der Waals surface area contributed by atoms with Crippen LogP contribution < -0.4 is 0 Å². The Labute approximate surface area is 111 Å². The number of hydrogen-bond donors (Lipinski definition) is 1. The van der Waals surface area contributed by atoms with E-state index in [1.54, 1.807) is 6.92 Å². The van der Waals surface area contributed by atoms with Gasteiger partial charge >= 0.3 is 5.97 Å². The van der Waals surface area contributed by atoms with Crippen molar-refractivity contribution >= 4 is 17.6 Å². The minimum atomic E-state index is -0.810. The Balaban J connectivity index is 2.12. The number of carboxylic acid groups (broad SMARTS) is 1. The minimum absolute atomic E-state index is 0.158. The van der Waals surface area contributed by atoms with Gasteiger partial charge in [0.25, 0.3) is 0 Å². The van der Waals surface area contributed by atoms with Crippen molar-refractivity contribution in [3.63, 3.8) is 0 Å². The second-order valence-electron chi connectivity index (χ2n) is 4.39. The van der Waals surface area contributed by atoms with Crippen LogP contribution in [0.15, 0.2) is 24.3 Å². The van der Waals surface area contributed by atoms with Crippen LogP contribution in [0, 0.1) is 0 Å². The van der Waals surface area contributed by atoms with E-state index in [9.17, 15) is 4.79 Å². The average molecular weight is 270 g/mol. The molecule has 0 amide bonds. The summed E-state index contributed by atoms with van der Waals surface area (Å²) in [4.78, 5) is 12.9. The van der Waals surface area contributed by atoms with E-state index in [0.29, 0.717) is 24.7 Å². The van der Waals surface area contributed by atoms with Gasteiger partial charge in [0, 0.05) is 23.7 Å². The van der Waals surface area contributed by atoms with Crippen LogP contribution >= 0.6 is 11.6 Å².